The average Bonchev–Trinajstić information content (AvgIpc) is 3.06. The van der Waals surface area contributed by atoms with Crippen molar-refractivity contribution >= 4 is 23.2 Å². The number of carbonyl (C=O) groups is 1. The van der Waals surface area contributed by atoms with Gasteiger partial charge in [0.25, 0.3) is 5.91 Å². The fourth-order valence-electron chi connectivity index (χ4n) is 2.47. The normalized spacial score (nSPS) is 14.5. The summed E-state index contributed by atoms with van der Waals surface area (Å²) in [6, 6.07) is 2.88. The number of halogens is 1. The zero-order chi connectivity index (χ0) is 17.3. The van der Waals surface area contributed by atoms with E-state index in [9.17, 15) is 9.18 Å². The van der Waals surface area contributed by atoms with Crippen molar-refractivity contribution in [2.45, 2.75) is 6.92 Å². The number of hydrogen-bond acceptors (Lipinski definition) is 3. The Morgan fingerprint density at radius 1 is 1.38 bits per heavy atom. The topological polar surface area (TPSA) is 61.0 Å². The third-order valence-electron chi connectivity index (χ3n) is 3.68. The quantitative estimate of drug-likeness (QED) is 0.658. The van der Waals surface area contributed by atoms with Crippen molar-refractivity contribution in [3.05, 3.63) is 46.8 Å². The minimum atomic E-state index is -0.441. The number of imidazole rings is 1. The summed E-state index contributed by atoms with van der Waals surface area (Å²) >= 11 is 0. The average molecular weight is 324 g/mol. The summed E-state index contributed by atoms with van der Waals surface area (Å²) in [5, 5.41) is 2.76. The van der Waals surface area contributed by atoms with Crippen molar-refractivity contribution in [1.29, 1.82) is 0 Å². The molecule has 1 aromatic carbocycles. The Labute approximate surface area is 139 Å². The van der Waals surface area contributed by atoms with Crippen LogP contribution < -0.4 is 5.32 Å². The van der Waals surface area contributed by atoms with Gasteiger partial charge in [-0.1, -0.05) is 11.8 Å². The van der Waals surface area contributed by atoms with Crippen LogP contribution in [0, 0.1) is 24.6 Å². The van der Waals surface area contributed by atoms with Crippen LogP contribution in [0.2, 0.25) is 0 Å². The van der Waals surface area contributed by atoms with E-state index in [1.54, 1.807) is 18.5 Å². The molecule has 0 unspecified atom stereocenters. The lowest BCUT2D eigenvalue weighted by Gasteiger charge is -2.05. The van der Waals surface area contributed by atoms with Gasteiger partial charge in [0.2, 0.25) is 0 Å². The first-order valence-corrected chi connectivity index (χ1v) is 7.47. The summed E-state index contributed by atoms with van der Waals surface area (Å²) < 4.78 is 14.3. The van der Waals surface area contributed by atoms with E-state index >= 15 is 0 Å². The van der Waals surface area contributed by atoms with Gasteiger partial charge in [0, 0.05) is 5.56 Å². The second-order valence-corrected chi connectivity index (χ2v) is 5.80. The first-order valence-electron chi connectivity index (χ1n) is 7.47. The Hall–Kier alpha value is -2.91. The number of rotatable bonds is 2. The Kier molecular flexibility index (Phi) is 4.19. The van der Waals surface area contributed by atoms with E-state index in [0.29, 0.717) is 29.1 Å². The molecule has 1 aromatic heterocycles. The standard InChI is InChI=1S/C18H17FN4O/c1-11-16(21-10-20-11)9-13-17-12(5-4-8-23(2)3)14(19)6-7-15(17)22-18(13)24/h6-7,9-10H,8H2,1-3H3,(H,20,21)(H,22,24)/b13-9-. The number of nitrogens with one attached hydrogen (secondary N) is 2. The molecule has 0 atom stereocenters. The van der Waals surface area contributed by atoms with Gasteiger partial charge >= 0.3 is 0 Å². The van der Waals surface area contributed by atoms with Crippen molar-refractivity contribution in [2.75, 3.05) is 26.0 Å². The third kappa shape index (κ3) is 2.94. The highest BCUT2D eigenvalue weighted by Gasteiger charge is 2.28. The van der Waals surface area contributed by atoms with Gasteiger partial charge in [0.15, 0.2) is 0 Å². The van der Waals surface area contributed by atoms with Gasteiger partial charge in [-0.25, -0.2) is 9.37 Å². The van der Waals surface area contributed by atoms with E-state index in [0.717, 1.165) is 5.69 Å². The van der Waals surface area contributed by atoms with E-state index < -0.39 is 5.82 Å². The van der Waals surface area contributed by atoms with Crippen molar-refractivity contribution < 1.29 is 9.18 Å². The van der Waals surface area contributed by atoms with Gasteiger partial charge in [-0.15, -0.1) is 0 Å². The number of anilines is 1. The van der Waals surface area contributed by atoms with Crippen LogP contribution in [0.15, 0.2) is 18.5 Å². The van der Waals surface area contributed by atoms with Crippen LogP contribution >= 0.6 is 0 Å². The number of aromatic amines is 1. The van der Waals surface area contributed by atoms with Crippen LogP contribution in [0.4, 0.5) is 10.1 Å². The molecular weight excluding hydrogens is 307 g/mol. The van der Waals surface area contributed by atoms with Crippen LogP contribution in [0.5, 0.6) is 0 Å². The molecule has 0 spiro atoms. The summed E-state index contributed by atoms with van der Waals surface area (Å²) in [6.45, 7) is 2.34. The summed E-state index contributed by atoms with van der Waals surface area (Å²) in [5.74, 6) is 5.07. The van der Waals surface area contributed by atoms with Crippen LogP contribution in [0.3, 0.4) is 0 Å². The number of H-pyrrole nitrogens is 1. The Morgan fingerprint density at radius 3 is 2.83 bits per heavy atom. The Bertz CT molecular complexity index is 899. The van der Waals surface area contributed by atoms with Gasteiger partial charge in [-0.3, -0.25) is 9.69 Å². The maximum absolute atomic E-state index is 14.3. The van der Waals surface area contributed by atoms with Crippen molar-refractivity contribution in [3.63, 3.8) is 0 Å². The molecule has 0 aliphatic carbocycles. The van der Waals surface area contributed by atoms with E-state index in [1.165, 1.54) is 6.07 Å². The molecule has 0 bridgehead atoms. The van der Waals surface area contributed by atoms with Crippen molar-refractivity contribution in [2.24, 2.45) is 0 Å². The molecule has 1 aliphatic rings. The largest absolute Gasteiger partial charge is 0.345 e. The smallest absolute Gasteiger partial charge is 0.256 e. The zero-order valence-corrected chi connectivity index (χ0v) is 13.7. The second kappa shape index (κ2) is 6.30. The maximum atomic E-state index is 14.3. The fraction of sp³-hybridized carbons (Fsp3) is 0.222. The molecule has 2 heterocycles. The van der Waals surface area contributed by atoms with Crippen molar-refractivity contribution in [1.82, 2.24) is 14.9 Å². The van der Waals surface area contributed by atoms with Gasteiger partial charge in [-0.05, 0) is 39.2 Å². The van der Waals surface area contributed by atoms with Crippen LogP contribution in [-0.2, 0) is 4.79 Å². The molecule has 0 saturated heterocycles. The molecular formula is C18H17FN4O. The number of benzene rings is 1. The molecule has 24 heavy (non-hydrogen) atoms. The molecule has 0 radical (unpaired) electrons. The summed E-state index contributed by atoms with van der Waals surface area (Å²) in [4.78, 5) is 21.3. The highest BCUT2D eigenvalue weighted by molar-refractivity contribution is 6.35. The monoisotopic (exact) mass is 324 g/mol. The highest BCUT2D eigenvalue weighted by atomic mass is 19.1. The number of carbonyl (C=O) groups excluding carboxylic acids is 1. The van der Waals surface area contributed by atoms with Crippen molar-refractivity contribution in [3.8, 4) is 11.8 Å². The molecule has 122 valence electrons. The third-order valence-corrected chi connectivity index (χ3v) is 3.68. The SMILES string of the molecule is Cc1nc[nH]c1/C=C1\C(=O)Nc2ccc(F)c(C#CCN(C)C)c21. The zero-order valence-electron chi connectivity index (χ0n) is 13.7. The van der Waals surface area contributed by atoms with Gasteiger partial charge in [0.05, 0.1) is 41.1 Å². The van der Waals surface area contributed by atoms with Gasteiger partial charge in [0.1, 0.15) is 5.82 Å². The predicted molar refractivity (Wildman–Crippen MR) is 91.7 cm³/mol. The van der Waals surface area contributed by atoms with Crippen LogP contribution in [-0.4, -0.2) is 41.4 Å². The first kappa shape index (κ1) is 16.0. The van der Waals surface area contributed by atoms with E-state index in [4.69, 9.17) is 0 Å². The van der Waals surface area contributed by atoms with Gasteiger partial charge < -0.3 is 10.3 Å². The number of nitrogens with zero attached hydrogens (tertiary/aromatic N) is 2. The molecule has 5 nitrogen and oxygen atoms in total. The van der Waals surface area contributed by atoms with E-state index in [1.807, 2.05) is 25.9 Å². The fourth-order valence-corrected chi connectivity index (χ4v) is 2.47. The second-order valence-electron chi connectivity index (χ2n) is 5.80. The van der Waals surface area contributed by atoms with E-state index in [2.05, 4.69) is 27.1 Å². The maximum Gasteiger partial charge on any atom is 0.256 e. The Morgan fingerprint density at radius 2 is 2.17 bits per heavy atom. The minimum absolute atomic E-state index is 0.233. The molecule has 0 fully saturated rings. The molecule has 2 aromatic rings. The molecule has 3 rings (SSSR count). The number of hydrogen-bond donors (Lipinski definition) is 2. The minimum Gasteiger partial charge on any atom is -0.345 e. The van der Waals surface area contributed by atoms with Crippen LogP contribution in [0.1, 0.15) is 22.5 Å². The van der Waals surface area contributed by atoms with Crippen LogP contribution in [0.25, 0.3) is 11.6 Å². The predicted octanol–water partition coefficient (Wildman–Crippen LogP) is 2.26. The molecule has 1 amide bonds. The first-order chi connectivity index (χ1) is 11.5. The lowest BCUT2D eigenvalue weighted by Crippen LogP contribution is -2.10. The van der Waals surface area contributed by atoms with E-state index in [-0.39, 0.29) is 11.5 Å². The summed E-state index contributed by atoms with van der Waals surface area (Å²) in [6.07, 6.45) is 3.24. The molecule has 1 aliphatic heterocycles. The lowest BCUT2D eigenvalue weighted by atomic mass is 9.99. The van der Waals surface area contributed by atoms with Gasteiger partial charge in [-0.2, -0.15) is 0 Å². The number of aromatic nitrogens is 2. The highest BCUT2D eigenvalue weighted by Crippen LogP contribution is 2.36. The molecule has 0 saturated carbocycles. The summed E-state index contributed by atoms with van der Waals surface area (Å²) in [7, 11) is 3.77. The number of amides is 1. The lowest BCUT2D eigenvalue weighted by molar-refractivity contribution is -0.110. The summed E-state index contributed by atoms with van der Waals surface area (Å²) in [5.41, 5.74) is 3.16. The number of aryl methyl sites for hydroxylation is 1. The molecule has 2 N–H and O–H groups in total. The molecule has 6 heteroatoms. The number of fused-ring (bicyclic) bond motifs is 1. The Balaban J connectivity index is 2.13.